The second kappa shape index (κ2) is 6.43. The number of rotatable bonds is 2. The molecule has 0 spiro atoms. The van der Waals surface area contributed by atoms with E-state index in [1.54, 1.807) is 6.07 Å². The van der Waals surface area contributed by atoms with E-state index in [-0.39, 0.29) is 5.57 Å². The Morgan fingerprint density at radius 2 is 1.62 bits per heavy atom. The van der Waals surface area contributed by atoms with Gasteiger partial charge < -0.3 is 9.32 Å². The molecule has 2 saturated heterocycles. The molecular formula is C16H18BrN3O4. The smallest absolute Gasteiger partial charge is 0.333 e. The lowest BCUT2D eigenvalue weighted by molar-refractivity contribution is -0.134. The molecule has 2 fully saturated rings. The topological polar surface area (TPSA) is 74.1 Å². The van der Waals surface area contributed by atoms with Gasteiger partial charge in [-0.05, 0) is 41.3 Å². The van der Waals surface area contributed by atoms with Gasteiger partial charge in [0.05, 0.1) is 4.47 Å². The first-order valence-electron chi connectivity index (χ1n) is 7.76. The van der Waals surface area contributed by atoms with Gasteiger partial charge >= 0.3 is 6.03 Å². The van der Waals surface area contributed by atoms with Gasteiger partial charge in [0, 0.05) is 33.3 Å². The Balaban J connectivity index is 1.92. The number of furan rings is 1. The molecule has 7 nitrogen and oxygen atoms in total. The van der Waals surface area contributed by atoms with Crippen LogP contribution >= 0.6 is 15.9 Å². The summed E-state index contributed by atoms with van der Waals surface area (Å²) >= 11 is 3.47. The van der Waals surface area contributed by atoms with Crippen LogP contribution in [0.4, 0.5) is 10.7 Å². The van der Waals surface area contributed by atoms with Crippen molar-refractivity contribution in [1.82, 2.24) is 9.80 Å². The number of barbiturate groups is 1. The molecular weight excluding hydrogens is 378 g/mol. The first-order chi connectivity index (χ1) is 11.4. The summed E-state index contributed by atoms with van der Waals surface area (Å²) in [7, 11) is 2.69. The molecule has 3 rings (SSSR count). The second-order valence-electron chi connectivity index (χ2n) is 5.92. The fourth-order valence-corrected chi connectivity index (χ4v) is 3.43. The summed E-state index contributed by atoms with van der Waals surface area (Å²) in [4.78, 5) is 40.2. The SMILES string of the molecule is CN1C(=O)C(=Cc2cc(Br)c(N3CCCCC3)o2)C(=O)N(C)C1=O. The van der Waals surface area contributed by atoms with E-state index < -0.39 is 17.8 Å². The normalized spacial score (nSPS) is 19.4. The van der Waals surface area contributed by atoms with Crippen molar-refractivity contribution in [2.45, 2.75) is 19.3 Å². The summed E-state index contributed by atoms with van der Waals surface area (Å²) in [5, 5.41) is 0. The zero-order chi connectivity index (χ0) is 17.4. The number of anilines is 1. The summed E-state index contributed by atoms with van der Waals surface area (Å²) in [6, 6.07) is 1.09. The molecule has 0 N–H and O–H groups in total. The van der Waals surface area contributed by atoms with Gasteiger partial charge in [-0.2, -0.15) is 0 Å². The van der Waals surface area contributed by atoms with Crippen molar-refractivity contribution in [3.05, 3.63) is 21.9 Å². The molecule has 0 saturated carbocycles. The van der Waals surface area contributed by atoms with E-state index in [1.165, 1.54) is 26.6 Å². The molecule has 0 bridgehead atoms. The zero-order valence-electron chi connectivity index (χ0n) is 13.5. The highest BCUT2D eigenvalue weighted by molar-refractivity contribution is 9.10. The monoisotopic (exact) mass is 395 g/mol. The maximum absolute atomic E-state index is 12.2. The quantitative estimate of drug-likeness (QED) is 0.567. The number of carbonyl (C=O) groups is 3. The Labute approximate surface area is 148 Å². The van der Waals surface area contributed by atoms with Crippen molar-refractivity contribution in [1.29, 1.82) is 0 Å². The van der Waals surface area contributed by atoms with Crippen molar-refractivity contribution in [3.8, 4) is 0 Å². The van der Waals surface area contributed by atoms with Crippen LogP contribution in [0.15, 0.2) is 20.5 Å². The van der Waals surface area contributed by atoms with Crippen LogP contribution in [0, 0.1) is 0 Å². The van der Waals surface area contributed by atoms with E-state index in [0.29, 0.717) is 11.6 Å². The minimum absolute atomic E-state index is 0.0916. The molecule has 0 atom stereocenters. The third-order valence-electron chi connectivity index (χ3n) is 4.26. The highest BCUT2D eigenvalue weighted by atomic mass is 79.9. The molecule has 1 aromatic rings. The van der Waals surface area contributed by atoms with E-state index in [4.69, 9.17) is 4.42 Å². The lowest BCUT2D eigenvalue weighted by Gasteiger charge is -2.28. The Morgan fingerprint density at radius 3 is 2.21 bits per heavy atom. The zero-order valence-corrected chi connectivity index (χ0v) is 15.1. The molecule has 24 heavy (non-hydrogen) atoms. The predicted octanol–water partition coefficient (Wildman–Crippen LogP) is 2.47. The van der Waals surface area contributed by atoms with E-state index in [0.717, 1.165) is 40.2 Å². The summed E-state index contributed by atoms with van der Waals surface area (Å²) in [5.41, 5.74) is -0.0916. The number of carbonyl (C=O) groups excluding carboxylic acids is 3. The maximum Gasteiger partial charge on any atom is 0.333 e. The van der Waals surface area contributed by atoms with E-state index in [9.17, 15) is 14.4 Å². The van der Waals surface area contributed by atoms with Gasteiger partial charge in [0.25, 0.3) is 11.8 Å². The van der Waals surface area contributed by atoms with Crippen molar-refractivity contribution in [2.75, 3.05) is 32.1 Å². The number of piperidine rings is 1. The molecule has 2 aliphatic heterocycles. The largest absolute Gasteiger partial charge is 0.440 e. The van der Waals surface area contributed by atoms with Crippen molar-refractivity contribution < 1.29 is 18.8 Å². The summed E-state index contributed by atoms with van der Waals surface area (Å²) in [6.07, 6.45) is 4.82. The number of amides is 4. The van der Waals surface area contributed by atoms with Gasteiger partial charge in [-0.25, -0.2) is 4.79 Å². The molecule has 0 aliphatic carbocycles. The number of hydrogen-bond donors (Lipinski definition) is 0. The first kappa shape index (κ1) is 16.8. The molecule has 3 heterocycles. The Morgan fingerprint density at radius 1 is 1.04 bits per heavy atom. The lowest BCUT2D eigenvalue weighted by Crippen LogP contribution is -2.52. The van der Waals surface area contributed by atoms with Crippen LogP contribution in [-0.4, -0.2) is 54.8 Å². The van der Waals surface area contributed by atoms with Crippen LogP contribution in [-0.2, 0) is 9.59 Å². The highest BCUT2D eigenvalue weighted by Crippen LogP contribution is 2.33. The third-order valence-corrected chi connectivity index (χ3v) is 4.83. The Hall–Kier alpha value is -2.09. The van der Waals surface area contributed by atoms with Gasteiger partial charge in [-0.3, -0.25) is 19.4 Å². The number of hydrogen-bond acceptors (Lipinski definition) is 5. The second-order valence-corrected chi connectivity index (χ2v) is 6.77. The maximum atomic E-state index is 12.2. The average Bonchev–Trinajstić information content (AvgIpc) is 2.96. The third kappa shape index (κ3) is 2.86. The summed E-state index contributed by atoms with van der Waals surface area (Å²) < 4.78 is 6.61. The molecule has 0 radical (unpaired) electrons. The lowest BCUT2D eigenvalue weighted by atomic mass is 10.1. The average molecular weight is 396 g/mol. The van der Waals surface area contributed by atoms with Crippen molar-refractivity contribution >= 4 is 45.7 Å². The van der Waals surface area contributed by atoms with Gasteiger partial charge in [-0.15, -0.1) is 0 Å². The minimum atomic E-state index is -0.642. The Kier molecular flexibility index (Phi) is 4.49. The van der Waals surface area contributed by atoms with Crippen LogP contribution in [0.3, 0.4) is 0 Å². The summed E-state index contributed by atoms with van der Waals surface area (Å²) in [5.74, 6) is -0.157. The standard InChI is InChI=1S/C16H18BrN3O4/c1-18-13(21)11(14(22)19(2)16(18)23)8-10-9-12(17)15(24-10)20-6-4-3-5-7-20/h8-9H,3-7H2,1-2H3. The Bertz CT molecular complexity index is 708. The molecule has 8 heteroatoms. The number of nitrogens with zero attached hydrogens (tertiary/aromatic N) is 3. The fourth-order valence-electron chi connectivity index (χ4n) is 2.88. The molecule has 4 amide bonds. The number of urea groups is 1. The van der Waals surface area contributed by atoms with Gasteiger partial charge in [0.2, 0.25) is 5.88 Å². The predicted molar refractivity (Wildman–Crippen MR) is 91.4 cm³/mol. The van der Waals surface area contributed by atoms with Gasteiger partial charge in [0.1, 0.15) is 11.3 Å². The van der Waals surface area contributed by atoms with Crippen LogP contribution < -0.4 is 4.90 Å². The molecule has 2 aliphatic rings. The van der Waals surface area contributed by atoms with Crippen LogP contribution in [0.2, 0.25) is 0 Å². The van der Waals surface area contributed by atoms with Crippen LogP contribution in [0.5, 0.6) is 0 Å². The summed E-state index contributed by atoms with van der Waals surface area (Å²) in [6.45, 7) is 1.83. The van der Waals surface area contributed by atoms with E-state index >= 15 is 0 Å². The van der Waals surface area contributed by atoms with Gasteiger partial charge in [-0.1, -0.05) is 0 Å². The van der Waals surface area contributed by atoms with E-state index in [1.807, 2.05) is 0 Å². The molecule has 0 aromatic carbocycles. The molecule has 0 unspecified atom stereocenters. The number of imide groups is 2. The van der Waals surface area contributed by atoms with Crippen LogP contribution in [0.1, 0.15) is 25.0 Å². The number of halogens is 1. The first-order valence-corrected chi connectivity index (χ1v) is 8.55. The highest BCUT2D eigenvalue weighted by Gasteiger charge is 2.38. The minimum Gasteiger partial charge on any atom is -0.440 e. The number of likely N-dealkylation sites (N-methyl/N-ethyl adjacent to an activating group) is 2. The molecule has 1 aromatic heterocycles. The van der Waals surface area contributed by atoms with Gasteiger partial charge in [0.15, 0.2) is 0 Å². The van der Waals surface area contributed by atoms with Crippen LogP contribution in [0.25, 0.3) is 6.08 Å². The van der Waals surface area contributed by atoms with Crippen molar-refractivity contribution in [2.24, 2.45) is 0 Å². The van der Waals surface area contributed by atoms with Crippen molar-refractivity contribution in [3.63, 3.8) is 0 Å². The fraction of sp³-hybridized carbons (Fsp3) is 0.438. The molecule has 128 valence electrons. The van der Waals surface area contributed by atoms with E-state index in [2.05, 4.69) is 20.8 Å².